The van der Waals surface area contributed by atoms with Crippen LogP contribution in [0.15, 0.2) is 121 Å². The number of aromatic nitrogens is 2. The molecule has 0 spiro atoms. The summed E-state index contributed by atoms with van der Waals surface area (Å²) in [6, 6.07) is 38.9. The number of carboxylic acids is 1. The van der Waals surface area contributed by atoms with Crippen molar-refractivity contribution >= 4 is 5.97 Å². The molecule has 6 rings (SSSR count). The van der Waals surface area contributed by atoms with Crippen molar-refractivity contribution in [2.45, 2.75) is 6.54 Å². The minimum absolute atomic E-state index is 0.271. The van der Waals surface area contributed by atoms with Crippen molar-refractivity contribution in [2.24, 2.45) is 0 Å². The molecule has 0 saturated carbocycles. The first-order valence-electron chi connectivity index (χ1n) is 14.4. The maximum absolute atomic E-state index is 11.9. The Kier molecular flexibility index (Phi) is 8.33. The molecule has 1 heterocycles. The Morgan fingerprint density at radius 2 is 1.11 bits per heavy atom. The molecule has 6 aromatic rings. The maximum Gasteiger partial charge on any atom is 0.336 e. The molecular weight excluding hydrogens is 564 g/mol. The lowest BCUT2D eigenvalue weighted by atomic mass is 9.98. The van der Waals surface area contributed by atoms with Gasteiger partial charge in [0.1, 0.15) is 23.1 Å². The quantitative estimate of drug-likeness (QED) is 0.171. The molecule has 0 aliphatic rings. The molecule has 0 aliphatic carbocycles. The smallest absolute Gasteiger partial charge is 0.336 e. The zero-order chi connectivity index (χ0) is 31.3. The van der Waals surface area contributed by atoms with Crippen LogP contribution in [0.2, 0.25) is 0 Å². The fourth-order valence-electron chi connectivity index (χ4n) is 5.45. The number of benzene rings is 5. The molecule has 0 saturated heterocycles. The Hall–Kier alpha value is -5.82. The van der Waals surface area contributed by atoms with Gasteiger partial charge in [-0.1, -0.05) is 42.5 Å². The van der Waals surface area contributed by atoms with Crippen LogP contribution >= 0.6 is 0 Å². The Morgan fingerprint density at radius 3 is 1.64 bits per heavy atom. The monoisotopic (exact) mass is 596 g/mol. The van der Waals surface area contributed by atoms with Crippen LogP contribution in [0.5, 0.6) is 17.2 Å². The summed E-state index contributed by atoms with van der Waals surface area (Å²) in [7, 11) is 4.96. The van der Waals surface area contributed by atoms with E-state index in [1.54, 1.807) is 33.5 Å². The van der Waals surface area contributed by atoms with Crippen molar-refractivity contribution < 1.29 is 24.1 Å². The summed E-state index contributed by atoms with van der Waals surface area (Å²) in [5, 5.41) is 9.71. The predicted octanol–water partition coefficient (Wildman–Crippen LogP) is 8.32. The minimum Gasteiger partial charge on any atom is -0.497 e. The number of imidazole rings is 1. The third-order valence-electron chi connectivity index (χ3n) is 7.81. The van der Waals surface area contributed by atoms with Crippen molar-refractivity contribution in [3.8, 4) is 62.3 Å². The Balaban J connectivity index is 1.51. The SMILES string of the molecule is COc1ccc(-c2nc(-c3ccc(OC)cc3)n(Cc3ccc(-c4ccccc4C(=O)O)cc3)c2-c2ccc(OC)cc2)cc1. The van der Waals surface area contributed by atoms with Gasteiger partial charge in [-0.2, -0.15) is 0 Å². The fourth-order valence-corrected chi connectivity index (χ4v) is 5.45. The molecule has 0 amide bonds. The molecule has 224 valence electrons. The van der Waals surface area contributed by atoms with Crippen LogP contribution in [0, 0.1) is 0 Å². The van der Waals surface area contributed by atoms with Gasteiger partial charge in [0, 0.05) is 23.2 Å². The largest absolute Gasteiger partial charge is 0.497 e. The van der Waals surface area contributed by atoms with E-state index in [0.29, 0.717) is 12.1 Å². The molecule has 1 aromatic heterocycles. The Morgan fingerprint density at radius 1 is 0.622 bits per heavy atom. The van der Waals surface area contributed by atoms with Gasteiger partial charge in [-0.3, -0.25) is 0 Å². The summed E-state index contributed by atoms with van der Waals surface area (Å²) in [4.78, 5) is 17.1. The van der Waals surface area contributed by atoms with Crippen LogP contribution < -0.4 is 14.2 Å². The van der Waals surface area contributed by atoms with Crippen LogP contribution in [-0.2, 0) is 6.54 Å². The minimum atomic E-state index is -0.951. The van der Waals surface area contributed by atoms with Crippen molar-refractivity contribution in [3.63, 3.8) is 0 Å². The number of carboxylic acid groups (broad SMARTS) is 1. The van der Waals surface area contributed by atoms with Gasteiger partial charge in [0.2, 0.25) is 0 Å². The number of carbonyl (C=O) groups is 1. The highest BCUT2D eigenvalue weighted by atomic mass is 16.5. The lowest BCUT2D eigenvalue weighted by Gasteiger charge is -2.15. The molecule has 7 nitrogen and oxygen atoms in total. The number of methoxy groups -OCH3 is 3. The number of rotatable bonds is 10. The fraction of sp³-hybridized carbons (Fsp3) is 0.105. The zero-order valence-corrected chi connectivity index (χ0v) is 25.2. The zero-order valence-electron chi connectivity index (χ0n) is 25.2. The second-order valence-electron chi connectivity index (χ2n) is 10.5. The highest BCUT2D eigenvalue weighted by Crippen LogP contribution is 2.38. The van der Waals surface area contributed by atoms with Crippen LogP contribution in [0.4, 0.5) is 0 Å². The summed E-state index contributed by atoms with van der Waals surface area (Å²) < 4.78 is 18.5. The summed E-state index contributed by atoms with van der Waals surface area (Å²) >= 11 is 0. The van der Waals surface area contributed by atoms with E-state index in [-0.39, 0.29) is 5.56 Å². The van der Waals surface area contributed by atoms with Gasteiger partial charge >= 0.3 is 5.97 Å². The molecule has 45 heavy (non-hydrogen) atoms. The summed E-state index contributed by atoms with van der Waals surface area (Å²) in [6.07, 6.45) is 0. The lowest BCUT2D eigenvalue weighted by Crippen LogP contribution is -2.05. The van der Waals surface area contributed by atoms with E-state index >= 15 is 0 Å². The van der Waals surface area contributed by atoms with Gasteiger partial charge in [0.15, 0.2) is 0 Å². The van der Waals surface area contributed by atoms with Gasteiger partial charge < -0.3 is 23.9 Å². The highest BCUT2D eigenvalue weighted by molar-refractivity contribution is 5.96. The number of hydrogen-bond acceptors (Lipinski definition) is 5. The van der Waals surface area contributed by atoms with Crippen molar-refractivity contribution in [2.75, 3.05) is 21.3 Å². The molecular formula is C38H32N2O5. The molecule has 0 atom stereocenters. The number of nitrogens with zero attached hydrogens (tertiary/aromatic N) is 2. The van der Waals surface area contributed by atoms with Gasteiger partial charge in [-0.25, -0.2) is 9.78 Å². The molecule has 0 fully saturated rings. The Labute approximate surface area is 261 Å². The first-order chi connectivity index (χ1) is 22.0. The van der Waals surface area contributed by atoms with Crippen LogP contribution in [0.3, 0.4) is 0 Å². The van der Waals surface area contributed by atoms with Gasteiger partial charge in [0.25, 0.3) is 0 Å². The molecule has 0 unspecified atom stereocenters. The average molecular weight is 597 g/mol. The molecule has 7 heteroatoms. The van der Waals surface area contributed by atoms with E-state index in [0.717, 1.165) is 62.3 Å². The lowest BCUT2D eigenvalue weighted by molar-refractivity contribution is 0.0697. The second kappa shape index (κ2) is 12.8. The molecule has 0 aliphatic heterocycles. The van der Waals surface area contributed by atoms with Gasteiger partial charge in [-0.05, 0) is 95.6 Å². The van der Waals surface area contributed by atoms with Gasteiger partial charge in [-0.15, -0.1) is 0 Å². The molecule has 0 bridgehead atoms. The summed E-state index contributed by atoms with van der Waals surface area (Å²) in [6.45, 7) is 0.521. The summed E-state index contributed by atoms with van der Waals surface area (Å²) in [5.41, 5.74) is 7.50. The highest BCUT2D eigenvalue weighted by Gasteiger charge is 2.22. The van der Waals surface area contributed by atoms with E-state index in [1.807, 2.05) is 109 Å². The van der Waals surface area contributed by atoms with Gasteiger partial charge in [0.05, 0.1) is 38.3 Å². The van der Waals surface area contributed by atoms with Crippen LogP contribution in [0.25, 0.3) is 45.0 Å². The first kappa shape index (κ1) is 29.3. The third-order valence-corrected chi connectivity index (χ3v) is 7.81. The second-order valence-corrected chi connectivity index (χ2v) is 10.5. The third kappa shape index (κ3) is 6.01. The average Bonchev–Trinajstić information content (AvgIpc) is 3.47. The van der Waals surface area contributed by atoms with E-state index in [4.69, 9.17) is 19.2 Å². The number of ether oxygens (including phenoxy) is 3. The predicted molar refractivity (Wildman–Crippen MR) is 176 cm³/mol. The standard InChI is InChI=1S/C38H32N2O5/c1-43-30-18-12-27(13-19-30)35-36(28-14-20-31(44-2)21-15-28)40(37(39-35)29-16-22-32(45-3)23-17-29)24-25-8-10-26(11-9-25)33-6-4-5-7-34(33)38(41)42/h4-23H,24H2,1-3H3,(H,41,42). The topological polar surface area (TPSA) is 82.8 Å². The van der Waals surface area contributed by atoms with Crippen LogP contribution in [0.1, 0.15) is 15.9 Å². The molecule has 0 radical (unpaired) electrons. The van der Waals surface area contributed by atoms with E-state index in [1.165, 1.54) is 0 Å². The maximum atomic E-state index is 11.9. The number of aromatic carboxylic acids is 1. The van der Waals surface area contributed by atoms with E-state index in [9.17, 15) is 9.90 Å². The van der Waals surface area contributed by atoms with Crippen LogP contribution in [-0.4, -0.2) is 42.0 Å². The van der Waals surface area contributed by atoms with Crippen molar-refractivity contribution in [1.82, 2.24) is 9.55 Å². The molecule has 5 aromatic carbocycles. The normalized spacial score (nSPS) is 10.8. The first-order valence-corrected chi connectivity index (χ1v) is 14.4. The Bertz CT molecular complexity index is 1930. The molecule has 1 N–H and O–H groups in total. The van der Waals surface area contributed by atoms with E-state index in [2.05, 4.69) is 4.57 Å². The van der Waals surface area contributed by atoms with Crippen molar-refractivity contribution in [1.29, 1.82) is 0 Å². The summed E-state index contributed by atoms with van der Waals surface area (Å²) in [5.74, 6) is 2.15. The van der Waals surface area contributed by atoms with E-state index < -0.39 is 5.97 Å². The van der Waals surface area contributed by atoms with Crippen molar-refractivity contribution in [3.05, 3.63) is 132 Å². The number of hydrogen-bond donors (Lipinski definition) is 1.